The summed E-state index contributed by atoms with van der Waals surface area (Å²) in [5.41, 5.74) is 0.891. The van der Waals surface area contributed by atoms with Crippen LogP contribution in [0.2, 0.25) is 0 Å². The van der Waals surface area contributed by atoms with Gasteiger partial charge in [0.25, 0.3) is 0 Å². The first-order valence-electron chi connectivity index (χ1n) is 6.93. The van der Waals surface area contributed by atoms with Crippen molar-refractivity contribution in [2.24, 2.45) is 0 Å². The van der Waals surface area contributed by atoms with Crippen LogP contribution in [0.25, 0.3) is 0 Å². The maximum atomic E-state index is 12.2. The van der Waals surface area contributed by atoms with Crippen LogP contribution in [0.4, 0.5) is 0 Å². The lowest BCUT2D eigenvalue weighted by Gasteiger charge is -2.34. The molecule has 1 aromatic carbocycles. The Kier molecular flexibility index (Phi) is 5.11. The molecule has 0 aromatic heterocycles. The average Bonchev–Trinajstić information content (AvgIpc) is 2.50. The number of carboxylic acid groups (broad SMARTS) is 1. The maximum absolute atomic E-state index is 12.2. The van der Waals surface area contributed by atoms with Crippen LogP contribution in [-0.4, -0.2) is 53.1 Å². The standard InChI is InChI=1S/C15H18N2O5/c1-10(15(20)21)16-14(19)12-8-22-9-13(18)17(12)7-11-5-3-2-4-6-11/h2-6,10,12H,7-9H2,1H3,(H,16,19)(H,20,21)/t10?,12-/m1/s1. The van der Waals surface area contributed by atoms with E-state index >= 15 is 0 Å². The number of benzene rings is 1. The summed E-state index contributed by atoms with van der Waals surface area (Å²) < 4.78 is 5.13. The van der Waals surface area contributed by atoms with E-state index < -0.39 is 24.0 Å². The fourth-order valence-electron chi connectivity index (χ4n) is 2.17. The third kappa shape index (κ3) is 3.82. The van der Waals surface area contributed by atoms with Gasteiger partial charge in [-0.25, -0.2) is 0 Å². The number of amides is 2. The first kappa shape index (κ1) is 16.0. The fraction of sp³-hybridized carbons (Fsp3) is 0.400. The van der Waals surface area contributed by atoms with Gasteiger partial charge in [0.2, 0.25) is 11.8 Å². The summed E-state index contributed by atoms with van der Waals surface area (Å²) >= 11 is 0. The first-order valence-corrected chi connectivity index (χ1v) is 6.93. The largest absolute Gasteiger partial charge is 0.480 e. The molecule has 1 aliphatic heterocycles. The first-order chi connectivity index (χ1) is 10.5. The van der Waals surface area contributed by atoms with E-state index in [0.29, 0.717) is 0 Å². The van der Waals surface area contributed by atoms with E-state index in [4.69, 9.17) is 9.84 Å². The summed E-state index contributed by atoms with van der Waals surface area (Å²) in [6.07, 6.45) is 0. The SMILES string of the molecule is CC(NC(=O)[C@H]1COCC(=O)N1Cc1ccccc1)C(=O)O. The molecule has 1 heterocycles. The lowest BCUT2D eigenvalue weighted by atomic mass is 10.1. The van der Waals surface area contributed by atoms with Gasteiger partial charge in [0.1, 0.15) is 18.7 Å². The van der Waals surface area contributed by atoms with E-state index in [1.54, 1.807) is 0 Å². The average molecular weight is 306 g/mol. The second kappa shape index (κ2) is 7.04. The summed E-state index contributed by atoms with van der Waals surface area (Å²) in [6, 6.07) is 7.42. The molecular formula is C15H18N2O5. The minimum atomic E-state index is -1.13. The second-order valence-electron chi connectivity index (χ2n) is 5.11. The van der Waals surface area contributed by atoms with E-state index in [2.05, 4.69) is 5.32 Å². The lowest BCUT2D eigenvalue weighted by Crippen LogP contribution is -2.57. The minimum Gasteiger partial charge on any atom is -0.480 e. The Morgan fingerprint density at radius 3 is 2.73 bits per heavy atom. The molecule has 0 aliphatic carbocycles. The molecule has 22 heavy (non-hydrogen) atoms. The number of aliphatic carboxylic acids is 1. The molecule has 1 saturated heterocycles. The number of rotatable bonds is 5. The van der Waals surface area contributed by atoms with Crippen molar-refractivity contribution in [1.29, 1.82) is 0 Å². The predicted octanol–water partition coefficient (Wildman–Crippen LogP) is 0.00330. The minimum absolute atomic E-state index is 0.0523. The Balaban J connectivity index is 2.11. The molecule has 1 fully saturated rings. The number of carbonyl (C=O) groups excluding carboxylic acids is 2. The van der Waals surface area contributed by atoms with Gasteiger partial charge >= 0.3 is 5.97 Å². The Morgan fingerprint density at radius 2 is 2.09 bits per heavy atom. The molecule has 118 valence electrons. The van der Waals surface area contributed by atoms with E-state index in [9.17, 15) is 14.4 Å². The number of ether oxygens (including phenoxy) is 1. The highest BCUT2D eigenvalue weighted by Gasteiger charge is 2.35. The molecule has 0 saturated carbocycles. The zero-order valence-electron chi connectivity index (χ0n) is 12.2. The van der Waals surface area contributed by atoms with Gasteiger partial charge in [0.15, 0.2) is 0 Å². The van der Waals surface area contributed by atoms with Gasteiger partial charge < -0.3 is 20.1 Å². The van der Waals surface area contributed by atoms with Crippen LogP contribution >= 0.6 is 0 Å². The van der Waals surface area contributed by atoms with Gasteiger partial charge in [0.05, 0.1) is 6.61 Å². The lowest BCUT2D eigenvalue weighted by molar-refractivity contribution is -0.156. The van der Waals surface area contributed by atoms with Gasteiger partial charge in [-0.15, -0.1) is 0 Å². The van der Waals surface area contributed by atoms with Crippen LogP contribution < -0.4 is 5.32 Å². The van der Waals surface area contributed by atoms with Gasteiger partial charge in [0, 0.05) is 6.54 Å². The van der Waals surface area contributed by atoms with E-state index in [0.717, 1.165) is 5.56 Å². The van der Waals surface area contributed by atoms with E-state index in [1.165, 1.54) is 11.8 Å². The van der Waals surface area contributed by atoms with Crippen LogP contribution in [0.1, 0.15) is 12.5 Å². The molecule has 0 bridgehead atoms. The maximum Gasteiger partial charge on any atom is 0.325 e. The van der Waals surface area contributed by atoms with Gasteiger partial charge in [-0.05, 0) is 12.5 Å². The van der Waals surface area contributed by atoms with Gasteiger partial charge in [-0.3, -0.25) is 14.4 Å². The van der Waals surface area contributed by atoms with Crippen molar-refractivity contribution in [2.75, 3.05) is 13.2 Å². The highest BCUT2D eigenvalue weighted by atomic mass is 16.5. The third-order valence-electron chi connectivity index (χ3n) is 3.43. The normalized spacial score (nSPS) is 19.6. The van der Waals surface area contributed by atoms with Gasteiger partial charge in [-0.2, -0.15) is 0 Å². The number of hydrogen-bond acceptors (Lipinski definition) is 4. The molecule has 1 aromatic rings. The number of morpholine rings is 1. The van der Waals surface area contributed by atoms with Crippen molar-refractivity contribution in [1.82, 2.24) is 10.2 Å². The Morgan fingerprint density at radius 1 is 1.41 bits per heavy atom. The summed E-state index contributed by atoms with van der Waals surface area (Å²) in [7, 11) is 0. The number of nitrogens with zero attached hydrogens (tertiary/aromatic N) is 1. The van der Waals surface area contributed by atoms with E-state index in [1.807, 2.05) is 30.3 Å². The highest BCUT2D eigenvalue weighted by Crippen LogP contribution is 2.14. The van der Waals surface area contributed by atoms with Crippen molar-refractivity contribution in [3.63, 3.8) is 0 Å². The smallest absolute Gasteiger partial charge is 0.325 e. The Labute approximate surface area is 127 Å². The molecule has 2 amide bonds. The molecule has 2 rings (SSSR count). The van der Waals surface area contributed by atoms with E-state index in [-0.39, 0.29) is 25.7 Å². The number of nitrogens with one attached hydrogen (secondary N) is 1. The molecule has 7 nitrogen and oxygen atoms in total. The molecule has 0 spiro atoms. The fourth-order valence-corrected chi connectivity index (χ4v) is 2.17. The zero-order valence-corrected chi connectivity index (χ0v) is 12.2. The predicted molar refractivity (Wildman–Crippen MR) is 76.8 cm³/mol. The van der Waals surface area contributed by atoms with Crippen LogP contribution in [0.3, 0.4) is 0 Å². The molecule has 0 radical (unpaired) electrons. The third-order valence-corrected chi connectivity index (χ3v) is 3.43. The Bertz CT molecular complexity index is 560. The quantitative estimate of drug-likeness (QED) is 0.798. The number of carbonyl (C=O) groups is 3. The summed E-state index contributed by atoms with van der Waals surface area (Å²) in [4.78, 5) is 36.5. The summed E-state index contributed by atoms with van der Waals surface area (Å²) in [6.45, 7) is 1.62. The highest BCUT2D eigenvalue weighted by molar-refractivity contribution is 5.91. The van der Waals surface area contributed by atoms with Crippen molar-refractivity contribution in [3.05, 3.63) is 35.9 Å². The molecule has 1 aliphatic rings. The molecule has 2 atom stereocenters. The number of carboxylic acids is 1. The Hall–Kier alpha value is -2.41. The van der Waals surface area contributed by atoms with Crippen LogP contribution in [-0.2, 0) is 25.7 Å². The van der Waals surface area contributed by atoms with Crippen LogP contribution in [0.5, 0.6) is 0 Å². The molecular weight excluding hydrogens is 288 g/mol. The van der Waals surface area contributed by atoms with Crippen molar-refractivity contribution < 1.29 is 24.2 Å². The molecule has 1 unspecified atom stereocenters. The monoisotopic (exact) mass is 306 g/mol. The van der Waals surface area contributed by atoms with Crippen LogP contribution in [0.15, 0.2) is 30.3 Å². The summed E-state index contributed by atoms with van der Waals surface area (Å²) in [5, 5.41) is 11.2. The van der Waals surface area contributed by atoms with Crippen molar-refractivity contribution >= 4 is 17.8 Å². The summed E-state index contributed by atoms with van der Waals surface area (Å²) in [5.74, 6) is -1.96. The second-order valence-corrected chi connectivity index (χ2v) is 5.11. The zero-order chi connectivity index (χ0) is 16.1. The van der Waals surface area contributed by atoms with Crippen molar-refractivity contribution in [2.45, 2.75) is 25.6 Å². The molecule has 2 N–H and O–H groups in total. The van der Waals surface area contributed by atoms with Crippen LogP contribution in [0, 0.1) is 0 Å². The topological polar surface area (TPSA) is 95.9 Å². The van der Waals surface area contributed by atoms with Crippen molar-refractivity contribution in [3.8, 4) is 0 Å². The van der Waals surface area contributed by atoms with Gasteiger partial charge in [-0.1, -0.05) is 30.3 Å². The molecule has 7 heteroatoms. The number of hydrogen-bond donors (Lipinski definition) is 2.